The van der Waals surface area contributed by atoms with Crippen molar-refractivity contribution in [2.75, 3.05) is 18.8 Å². The number of nitrogens with two attached hydrogens (primary N) is 1. The van der Waals surface area contributed by atoms with Crippen LogP contribution < -0.4 is 5.73 Å². The van der Waals surface area contributed by atoms with E-state index >= 15 is 0 Å². The first-order valence-corrected chi connectivity index (χ1v) is 8.10. The highest BCUT2D eigenvalue weighted by atomic mass is 19.1. The van der Waals surface area contributed by atoms with E-state index in [9.17, 15) is 9.18 Å². The highest BCUT2D eigenvalue weighted by Crippen LogP contribution is 2.44. The molecule has 1 aliphatic heterocycles. The van der Waals surface area contributed by atoms with E-state index < -0.39 is 5.82 Å². The summed E-state index contributed by atoms with van der Waals surface area (Å²) in [5.41, 5.74) is 7.71. The third kappa shape index (κ3) is 2.31. The van der Waals surface area contributed by atoms with Gasteiger partial charge in [-0.15, -0.1) is 0 Å². The molecule has 1 fully saturated rings. The predicted molar refractivity (Wildman–Crippen MR) is 85.8 cm³/mol. The SMILES string of the molecule is Nc1ncc2c(n1)C1(CCCN(C(=O)c3ccncc3F)C1)CC2. The predicted octanol–water partition coefficient (Wildman–Crippen LogP) is 1.71. The molecule has 4 rings (SSSR count). The largest absolute Gasteiger partial charge is 0.368 e. The van der Waals surface area contributed by atoms with Gasteiger partial charge in [-0.3, -0.25) is 9.78 Å². The number of nitrogen functional groups attached to an aromatic ring is 1. The molecule has 0 saturated carbocycles. The molecule has 2 aliphatic rings. The van der Waals surface area contributed by atoms with Crippen molar-refractivity contribution in [2.45, 2.75) is 31.1 Å². The Balaban J connectivity index is 1.65. The summed E-state index contributed by atoms with van der Waals surface area (Å²) in [6, 6.07) is 1.43. The number of carbonyl (C=O) groups excluding carboxylic acids is 1. The number of piperidine rings is 1. The van der Waals surface area contributed by atoms with Crippen LogP contribution >= 0.6 is 0 Å². The molecule has 1 aliphatic carbocycles. The van der Waals surface area contributed by atoms with Crippen LogP contribution in [0.2, 0.25) is 0 Å². The van der Waals surface area contributed by atoms with Crippen LogP contribution in [-0.4, -0.2) is 38.8 Å². The van der Waals surface area contributed by atoms with E-state index in [2.05, 4.69) is 15.0 Å². The average molecular weight is 327 g/mol. The Morgan fingerprint density at radius 2 is 2.21 bits per heavy atom. The number of carbonyl (C=O) groups is 1. The van der Waals surface area contributed by atoms with Gasteiger partial charge in [0.05, 0.1) is 17.5 Å². The van der Waals surface area contributed by atoms with Crippen LogP contribution in [0.1, 0.15) is 40.9 Å². The van der Waals surface area contributed by atoms with E-state index in [0.29, 0.717) is 13.1 Å². The molecule has 1 unspecified atom stereocenters. The zero-order chi connectivity index (χ0) is 16.7. The number of amides is 1. The Hall–Kier alpha value is -2.57. The molecule has 1 saturated heterocycles. The molecule has 7 heteroatoms. The van der Waals surface area contributed by atoms with Gasteiger partial charge < -0.3 is 10.6 Å². The standard InChI is InChI=1S/C17H18FN5O/c18-13-9-20-6-3-12(13)15(24)23-7-1-4-17(10-23)5-2-11-8-21-16(19)22-14(11)17/h3,6,8-9H,1-2,4-5,7,10H2,(H2,19,21,22). The Labute approximate surface area is 138 Å². The van der Waals surface area contributed by atoms with Gasteiger partial charge >= 0.3 is 0 Å². The molecule has 6 nitrogen and oxygen atoms in total. The third-order valence-corrected chi connectivity index (χ3v) is 5.13. The first kappa shape index (κ1) is 15.0. The van der Waals surface area contributed by atoms with Crippen LogP contribution in [0.5, 0.6) is 0 Å². The van der Waals surface area contributed by atoms with Crippen LogP contribution in [0.3, 0.4) is 0 Å². The lowest BCUT2D eigenvalue weighted by Gasteiger charge is -2.40. The molecule has 1 amide bonds. The number of rotatable bonds is 1. The first-order valence-electron chi connectivity index (χ1n) is 8.10. The highest BCUT2D eigenvalue weighted by Gasteiger charge is 2.45. The fourth-order valence-corrected chi connectivity index (χ4v) is 3.98. The quantitative estimate of drug-likeness (QED) is 0.862. The number of nitrogens with zero attached hydrogens (tertiary/aromatic N) is 4. The minimum absolute atomic E-state index is 0.0717. The van der Waals surface area contributed by atoms with Gasteiger partial charge in [-0.1, -0.05) is 0 Å². The van der Waals surface area contributed by atoms with Crippen molar-refractivity contribution in [2.24, 2.45) is 0 Å². The molecule has 1 spiro atoms. The summed E-state index contributed by atoms with van der Waals surface area (Å²) in [7, 11) is 0. The number of fused-ring (bicyclic) bond motifs is 2. The van der Waals surface area contributed by atoms with Crippen LogP contribution in [-0.2, 0) is 11.8 Å². The molecule has 3 heterocycles. The second-order valence-corrected chi connectivity index (χ2v) is 6.57. The molecule has 1 atom stereocenters. The minimum atomic E-state index is -0.583. The number of hydrogen-bond acceptors (Lipinski definition) is 5. The van der Waals surface area contributed by atoms with Crippen molar-refractivity contribution >= 4 is 11.9 Å². The first-order chi connectivity index (χ1) is 11.6. The third-order valence-electron chi connectivity index (χ3n) is 5.13. The van der Waals surface area contributed by atoms with E-state index in [0.717, 1.165) is 43.1 Å². The van der Waals surface area contributed by atoms with Gasteiger partial charge in [0.15, 0.2) is 5.82 Å². The van der Waals surface area contributed by atoms with Crippen LogP contribution in [0, 0.1) is 5.82 Å². The lowest BCUT2D eigenvalue weighted by atomic mass is 9.77. The van der Waals surface area contributed by atoms with Gasteiger partial charge in [-0.25, -0.2) is 14.4 Å². The smallest absolute Gasteiger partial charge is 0.256 e. The lowest BCUT2D eigenvalue weighted by molar-refractivity contribution is 0.0628. The molecule has 24 heavy (non-hydrogen) atoms. The Bertz CT molecular complexity index is 807. The topological polar surface area (TPSA) is 85.0 Å². The van der Waals surface area contributed by atoms with Crippen LogP contribution in [0.15, 0.2) is 24.7 Å². The molecule has 0 aromatic carbocycles. The summed E-state index contributed by atoms with van der Waals surface area (Å²) >= 11 is 0. The zero-order valence-electron chi connectivity index (χ0n) is 13.2. The fraction of sp³-hybridized carbons (Fsp3) is 0.412. The number of aromatic nitrogens is 3. The number of pyridine rings is 1. The van der Waals surface area contributed by atoms with Crippen molar-refractivity contribution < 1.29 is 9.18 Å². The molecule has 0 radical (unpaired) electrons. The average Bonchev–Trinajstić information content (AvgIpc) is 2.92. The second-order valence-electron chi connectivity index (χ2n) is 6.57. The van der Waals surface area contributed by atoms with Gasteiger partial charge in [0.2, 0.25) is 5.95 Å². The maximum atomic E-state index is 13.9. The summed E-state index contributed by atoms with van der Waals surface area (Å²) < 4.78 is 13.9. The molecule has 2 N–H and O–H groups in total. The van der Waals surface area contributed by atoms with Gasteiger partial charge in [0.1, 0.15) is 0 Å². The number of likely N-dealkylation sites (tertiary alicyclic amines) is 1. The van der Waals surface area contributed by atoms with E-state index in [1.54, 1.807) is 11.1 Å². The molecule has 0 bridgehead atoms. The maximum Gasteiger partial charge on any atom is 0.256 e. The summed E-state index contributed by atoms with van der Waals surface area (Å²) in [5.74, 6) is -0.608. The van der Waals surface area contributed by atoms with E-state index in [-0.39, 0.29) is 22.8 Å². The van der Waals surface area contributed by atoms with Crippen molar-refractivity contribution in [3.63, 3.8) is 0 Å². The highest BCUT2D eigenvalue weighted by molar-refractivity contribution is 5.94. The van der Waals surface area contributed by atoms with Gasteiger partial charge in [0, 0.05) is 30.9 Å². The maximum absolute atomic E-state index is 13.9. The number of halogens is 1. The number of aryl methyl sites for hydroxylation is 1. The van der Waals surface area contributed by atoms with Gasteiger partial charge in [-0.05, 0) is 37.3 Å². The Kier molecular flexibility index (Phi) is 3.44. The fourth-order valence-electron chi connectivity index (χ4n) is 3.98. The molecular formula is C17H18FN5O. The zero-order valence-corrected chi connectivity index (χ0v) is 13.2. The summed E-state index contributed by atoms with van der Waals surface area (Å²) in [4.78, 5) is 26.7. The van der Waals surface area contributed by atoms with Crippen LogP contribution in [0.4, 0.5) is 10.3 Å². The lowest BCUT2D eigenvalue weighted by Crippen LogP contribution is -2.48. The van der Waals surface area contributed by atoms with E-state index in [1.165, 1.54) is 12.3 Å². The second kappa shape index (κ2) is 5.51. The molecule has 124 valence electrons. The Morgan fingerprint density at radius 3 is 3.04 bits per heavy atom. The van der Waals surface area contributed by atoms with E-state index in [4.69, 9.17) is 5.73 Å². The molecule has 2 aromatic rings. The summed E-state index contributed by atoms with van der Waals surface area (Å²) in [6.07, 6.45) is 7.93. The molecule has 2 aromatic heterocycles. The monoisotopic (exact) mass is 327 g/mol. The van der Waals surface area contributed by atoms with Crippen molar-refractivity contribution in [1.82, 2.24) is 19.9 Å². The Morgan fingerprint density at radius 1 is 1.33 bits per heavy atom. The van der Waals surface area contributed by atoms with Crippen molar-refractivity contribution in [3.05, 3.63) is 47.3 Å². The summed E-state index contributed by atoms with van der Waals surface area (Å²) in [6.45, 7) is 1.16. The van der Waals surface area contributed by atoms with Gasteiger partial charge in [-0.2, -0.15) is 0 Å². The van der Waals surface area contributed by atoms with E-state index in [1.807, 2.05) is 0 Å². The molecular weight excluding hydrogens is 309 g/mol. The number of hydrogen-bond donors (Lipinski definition) is 1. The normalized spacial score (nSPS) is 22.6. The summed E-state index contributed by atoms with van der Waals surface area (Å²) in [5, 5.41) is 0. The van der Waals surface area contributed by atoms with Crippen molar-refractivity contribution in [1.29, 1.82) is 0 Å². The van der Waals surface area contributed by atoms with Gasteiger partial charge in [0.25, 0.3) is 5.91 Å². The van der Waals surface area contributed by atoms with Crippen molar-refractivity contribution in [3.8, 4) is 0 Å². The number of anilines is 1. The van der Waals surface area contributed by atoms with Crippen LogP contribution in [0.25, 0.3) is 0 Å². The minimum Gasteiger partial charge on any atom is -0.368 e.